The zero-order valence-corrected chi connectivity index (χ0v) is 14.6. The first-order chi connectivity index (χ1) is 12.1. The van der Waals surface area contributed by atoms with Crippen LogP contribution in [0.1, 0.15) is 19.3 Å². The lowest BCUT2D eigenvalue weighted by Crippen LogP contribution is -2.51. The molecule has 0 aromatic rings. The van der Waals surface area contributed by atoms with Gasteiger partial charge in [-0.15, -0.1) is 0 Å². The van der Waals surface area contributed by atoms with Gasteiger partial charge < -0.3 is 14.6 Å². The first-order valence-corrected chi connectivity index (χ1v) is 9.85. The molecule has 3 rings (SSSR count). The molecule has 2 aliphatic heterocycles. The molecule has 1 saturated carbocycles. The number of carboxylic acid groups (broad SMARTS) is 1. The molecule has 3 aliphatic rings. The van der Waals surface area contributed by atoms with Crippen LogP contribution in [0.15, 0.2) is 11.6 Å². The summed E-state index contributed by atoms with van der Waals surface area (Å²) in [4.78, 5) is 11.2. The van der Waals surface area contributed by atoms with Crippen molar-refractivity contribution < 1.29 is 41.0 Å². The highest BCUT2D eigenvalue weighted by atomic mass is 32.2. The van der Waals surface area contributed by atoms with Crippen LogP contribution in [-0.4, -0.2) is 73.7 Å². The standard InChI is InChI=1S/C15H20F3NO6S/c16-15(17,18)13-11(14(20)21)8-9-7-10(1-2-12(9)25-13)26(22,23)19-3-5-24-6-4-19/h8-10,12-13H,1-7H2,(H,20,21). The number of carboxylic acids is 1. The van der Waals surface area contributed by atoms with Crippen LogP contribution >= 0.6 is 0 Å². The van der Waals surface area contributed by atoms with Gasteiger partial charge in [-0.3, -0.25) is 0 Å². The summed E-state index contributed by atoms with van der Waals surface area (Å²) < 4.78 is 76.3. The molecule has 26 heavy (non-hydrogen) atoms. The largest absolute Gasteiger partial charge is 0.478 e. The zero-order chi connectivity index (χ0) is 19.1. The van der Waals surface area contributed by atoms with Crippen LogP contribution in [0.3, 0.4) is 0 Å². The normalized spacial score (nSPS) is 34.0. The van der Waals surface area contributed by atoms with Crippen LogP contribution in [0.4, 0.5) is 13.2 Å². The molecule has 4 atom stereocenters. The molecule has 11 heteroatoms. The minimum absolute atomic E-state index is 0.0473. The second-order valence-electron chi connectivity index (χ2n) is 6.68. The summed E-state index contributed by atoms with van der Waals surface area (Å²) in [6, 6.07) is 0. The molecule has 1 N–H and O–H groups in total. The van der Waals surface area contributed by atoms with Crippen molar-refractivity contribution in [1.82, 2.24) is 4.31 Å². The number of hydrogen-bond donors (Lipinski definition) is 1. The lowest BCUT2D eigenvalue weighted by Gasteiger charge is -2.41. The molecule has 1 aliphatic carbocycles. The first kappa shape index (κ1) is 19.6. The summed E-state index contributed by atoms with van der Waals surface area (Å²) in [5.74, 6) is -2.38. The van der Waals surface area contributed by atoms with Gasteiger partial charge in [-0.2, -0.15) is 17.5 Å². The molecule has 2 fully saturated rings. The van der Waals surface area contributed by atoms with E-state index in [9.17, 15) is 26.4 Å². The predicted octanol–water partition coefficient (Wildman–Crippen LogP) is 1.16. The number of hydrogen-bond acceptors (Lipinski definition) is 5. The number of sulfonamides is 1. The number of halogens is 3. The van der Waals surface area contributed by atoms with E-state index in [1.54, 1.807) is 0 Å². The van der Waals surface area contributed by atoms with Gasteiger partial charge in [0.25, 0.3) is 0 Å². The van der Waals surface area contributed by atoms with Crippen molar-refractivity contribution >= 4 is 16.0 Å². The Bertz CT molecular complexity index is 686. The van der Waals surface area contributed by atoms with E-state index in [0.29, 0.717) is 13.2 Å². The third-order valence-corrected chi connectivity index (χ3v) is 7.42. The topological polar surface area (TPSA) is 93.1 Å². The van der Waals surface area contributed by atoms with E-state index in [2.05, 4.69) is 0 Å². The molecule has 2 heterocycles. The highest BCUT2D eigenvalue weighted by molar-refractivity contribution is 7.89. The van der Waals surface area contributed by atoms with Gasteiger partial charge in [-0.05, 0) is 19.3 Å². The Balaban J connectivity index is 1.81. The van der Waals surface area contributed by atoms with Crippen LogP contribution in [0.2, 0.25) is 0 Å². The van der Waals surface area contributed by atoms with Crippen LogP contribution in [0.25, 0.3) is 0 Å². The predicted molar refractivity (Wildman–Crippen MR) is 82.9 cm³/mol. The molecule has 148 valence electrons. The third kappa shape index (κ3) is 3.75. The number of morpholine rings is 1. The second kappa shape index (κ2) is 7.10. The van der Waals surface area contributed by atoms with Crippen molar-refractivity contribution in [2.24, 2.45) is 5.92 Å². The van der Waals surface area contributed by atoms with Crippen LogP contribution < -0.4 is 0 Å². The number of aliphatic carboxylic acids is 1. The molecule has 0 spiro atoms. The fourth-order valence-electron chi connectivity index (χ4n) is 3.77. The van der Waals surface area contributed by atoms with Gasteiger partial charge in [-0.1, -0.05) is 6.08 Å². The van der Waals surface area contributed by atoms with Crippen LogP contribution in [0, 0.1) is 5.92 Å². The van der Waals surface area contributed by atoms with Gasteiger partial charge in [0.05, 0.1) is 30.1 Å². The van der Waals surface area contributed by atoms with Gasteiger partial charge in [0.15, 0.2) is 6.10 Å². The molecule has 1 saturated heterocycles. The Morgan fingerprint density at radius 2 is 1.88 bits per heavy atom. The van der Waals surface area contributed by atoms with Crippen molar-refractivity contribution in [3.63, 3.8) is 0 Å². The van der Waals surface area contributed by atoms with Crippen molar-refractivity contribution in [2.75, 3.05) is 26.3 Å². The van der Waals surface area contributed by atoms with E-state index in [-0.39, 0.29) is 32.4 Å². The van der Waals surface area contributed by atoms with E-state index in [1.165, 1.54) is 4.31 Å². The van der Waals surface area contributed by atoms with E-state index < -0.39 is 51.1 Å². The van der Waals surface area contributed by atoms with E-state index in [4.69, 9.17) is 14.6 Å². The van der Waals surface area contributed by atoms with Crippen LogP contribution in [-0.2, 0) is 24.3 Å². The summed E-state index contributed by atoms with van der Waals surface area (Å²) in [5.41, 5.74) is -0.872. The average Bonchev–Trinajstić information content (AvgIpc) is 2.60. The Labute approximate surface area is 148 Å². The SMILES string of the molecule is O=C(O)C1=CC2CC(S(=O)(=O)N3CCOCC3)CCC2OC1C(F)(F)F. The lowest BCUT2D eigenvalue weighted by atomic mass is 9.82. The van der Waals surface area contributed by atoms with E-state index >= 15 is 0 Å². The summed E-state index contributed by atoms with van der Waals surface area (Å²) in [5, 5.41) is 8.34. The van der Waals surface area contributed by atoms with Crippen molar-refractivity contribution in [3.05, 3.63) is 11.6 Å². The number of fused-ring (bicyclic) bond motifs is 1. The van der Waals surface area contributed by atoms with Gasteiger partial charge in [0.2, 0.25) is 10.0 Å². The van der Waals surface area contributed by atoms with Crippen molar-refractivity contribution in [2.45, 2.75) is 42.9 Å². The molecule has 0 aromatic heterocycles. The number of ether oxygens (including phenoxy) is 2. The van der Waals surface area contributed by atoms with Gasteiger partial charge in [-0.25, -0.2) is 13.2 Å². The average molecular weight is 399 g/mol. The highest BCUT2D eigenvalue weighted by Crippen LogP contribution is 2.42. The second-order valence-corrected chi connectivity index (χ2v) is 8.89. The molecular weight excluding hydrogens is 379 g/mol. The maximum Gasteiger partial charge on any atom is 0.419 e. The molecule has 0 bridgehead atoms. The van der Waals surface area contributed by atoms with Gasteiger partial charge in [0, 0.05) is 19.0 Å². The van der Waals surface area contributed by atoms with E-state index in [0.717, 1.165) is 6.08 Å². The van der Waals surface area contributed by atoms with E-state index in [1.807, 2.05) is 0 Å². The van der Waals surface area contributed by atoms with Gasteiger partial charge >= 0.3 is 12.1 Å². The fraction of sp³-hybridized carbons (Fsp3) is 0.800. The zero-order valence-electron chi connectivity index (χ0n) is 13.8. The molecule has 4 unspecified atom stereocenters. The minimum Gasteiger partial charge on any atom is -0.478 e. The van der Waals surface area contributed by atoms with Gasteiger partial charge in [0.1, 0.15) is 0 Å². The van der Waals surface area contributed by atoms with Crippen LogP contribution in [0.5, 0.6) is 0 Å². The number of rotatable bonds is 3. The lowest BCUT2D eigenvalue weighted by molar-refractivity contribution is -0.232. The molecular formula is C15H20F3NO6S. The fourth-order valence-corrected chi connectivity index (χ4v) is 5.75. The summed E-state index contributed by atoms with van der Waals surface area (Å²) >= 11 is 0. The maximum absolute atomic E-state index is 13.1. The highest BCUT2D eigenvalue weighted by Gasteiger charge is 2.52. The summed E-state index contributed by atoms with van der Waals surface area (Å²) in [6.07, 6.45) is -6.74. The Kier molecular flexibility index (Phi) is 5.35. The number of alkyl halides is 3. The Hall–Kier alpha value is -1.17. The molecule has 7 nitrogen and oxygen atoms in total. The third-order valence-electron chi connectivity index (χ3n) is 5.07. The molecule has 0 amide bonds. The molecule has 0 aromatic carbocycles. The number of carbonyl (C=O) groups is 1. The summed E-state index contributed by atoms with van der Waals surface area (Å²) in [6.45, 7) is 1.10. The molecule has 0 radical (unpaired) electrons. The van der Waals surface area contributed by atoms with Crippen molar-refractivity contribution in [1.29, 1.82) is 0 Å². The first-order valence-electron chi connectivity index (χ1n) is 8.34. The van der Waals surface area contributed by atoms with Crippen molar-refractivity contribution in [3.8, 4) is 0 Å². The Morgan fingerprint density at radius 3 is 2.46 bits per heavy atom. The number of nitrogens with zero attached hydrogens (tertiary/aromatic N) is 1. The minimum atomic E-state index is -4.83. The summed E-state index contributed by atoms with van der Waals surface area (Å²) in [7, 11) is -3.62. The monoisotopic (exact) mass is 399 g/mol. The quantitative estimate of drug-likeness (QED) is 0.766. The Morgan fingerprint density at radius 1 is 1.23 bits per heavy atom. The maximum atomic E-state index is 13.1. The smallest absolute Gasteiger partial charge is 0.419 e.